The highest BCUT2D eigenvalue weighted by Crippen LogP contribution is 2.54. The van der Waals surface area contributed by atoms with Crippen LogP contribution in [0, 0.1) is 27.7 Å². The Labute approximate surface area is 467 Å². The Morgan fingerprint density at radius 1 is 0.266 bits per heavy atom. The number of aryl methyl sites for hydroxylation is 4. The maximum Gasteiger partial charge on any atom is 0.0492 e. The highest BCUT2D eigenvalue weighted by molar-refractivity contribution is 5.90. The van der Waals surface area contributed by atoms with Gasteiger partial charge in [-0.3, -0.25) is 9.97 Å². The summed E-state index contributed by atoms with van der Waals surface area (Å²) in [6.45, 7) is 22.9. The average molecular weight is 1020 g/mol. The van der Waals surface area contributed by atoms with Crippen molar-refractivity contribution in [2.75, 3.05) is 9.80 Å². The molecule has 2 aromatic heterocycles. The molecular formula is C75H66N4. The summed E-state index contributed by atoms with van der Waals surface area (Å²) in [6, 6.07) is 64.0. The standard InChI is InChI=1S/C75H66N4/c1-47-35-48(2)38-59(37-47)78(55-27-31-76-32-28-55)57-19-25-65-63-23-17-53(43-69(63)74(7,8)71(65)45-57)13-11-51-15-21-61-62-22-16-52(42-68(62)73(5,6)67(61)41-51)12-14-54-18-24-64-66-26-20-58(46-72(66)75(9,10)70(64)44-54)79(56-29-33-77-34-30-56)60-39-49(3)36-50(4)40-60/h11-46H,1-10H3/b13-11+,14-12+. The maximum absolute atomic E-state index is 4.34. The summed E-state index contributed by atoms with van der Waals surface area (Å²) in [5.41, 5.74) is 32.1. The topological polar surface area (TPSA) is 32.3 Å². The van der Waals surface area contributed by atoms with Crippen molar-refractivity contribution < 1.29 is 0 Å². The molecule has 0 fully saturated rings. The van der Waals surface area contributed by atoms with Crippen LogP contribution in [0.15, 0.2) is 195 Å². The monoisotopic (exact) mass is 1020 g/mol. The van der Waals surface area contributed by atoms with E-state index in [-0.39, 0.29) is 16.2 Å². The summed E-state index contributed by atoms with van der Waals surface area (Å²) < 4.78 is 0. The fourth-order valence-corrected chi connectivity index (χ4v) is 13.4. The van der Waals surface area contributed by atoms with E-state index < -0.39 is 0 Å². The van der Waals surface area contributed by atoms with E-state index in [1.807, 2.05) is 24.8 Å². The van der Waals surface area contributed by atoms with E-state index in [0.29, 0.717) is 0 Å². The van der Waals surface area contributed by atoms with Crippen molar-refractivity contribution in [1.82, 2.24) is 9.97 Å². The van der Waals surface area contributed by atoms with E-state index >= 15 is 0 Å². The largest absolute Gasteiger partial charge is 0.310 e. The van der Waals surface area contributed by atoms with Gasteiger partial charge in [0.2, 0.25) is 0 Å². The van der Waals surface area contributed by atoms with Crippen molar-refractivity contribution in [2.24, 2.45) is 0 Å². The van der Waals surface area contributed by atoms with E-state index in [1.165, 1.54) is 111 Å². The predicted molar refractivity (Wildman–Crippen MR) is 334 cm³/mol. The summed E-state index contributed by atoms with van der Waals surface area (Å²) in [5.74, 6) is 0. The Kier molecular flexibility index (Phi) is 11.7. The predicted octanol–water partition coefficient (Wildman–Crippen LogP) is 19.9. The minimum Gasteiger partial charge on any atom is -0.310 e. The number of fused-ring (bicyclic) bond motifs is 9. The van der Waals surface area contributed by atoms with Crippen LogP contribution in [-0.2, 0) is 16.2 Å². The molecular weight excluding hydrogens is 957 g/mol. The van der Waals surface area contributed by atoms with E-state index in [1.54, 1.807) is 0 Å². The lowest BCUT2D eigenvalue weighted by atomic mass is 9.81. The second-order valence-corrected chi connectivity index (χ2v) is 24.0. The van der Waals surface area contributed by atoms with Crippen LogP contribution < -0.4 is 9.80 Å². The summed E-state index contributed by atoms with van der Waals surface area (Å²) in [5, 5.41) is 0. The van der Waals surface area contributed by atoms with Crippen LogP contribution in [0.25, 0.3) is 57.7 Å². The lowest BCUT2D eigenvalue weighted by molar-refractivity contribution is 0.660. The molecule has 79 heavy (non-hydrogen) atoms. The minimum atomic E-state index is -0.184. The number of pyridine rings is 2. The summed E-state index contributed by atoms with van der Waals surface area (Å²) in [6.07, 6.45) is 16.7. The third kappa shape index (κ3) is 8.53. The van der Waals surface area contributed by atoms with Gasteiger partial charge in [-0.1, -0.05) is 163 Å². The van der Waals surface area contributed by atoms with E-state index in [4.69, 9.17) is 0 Å². The Morgan fingerprint density at radius 2 is 0.519 bits per heavy atom. The van der Waals surface area contributed by atoms with Gasteiger partial charge in [-0.15, -0.1) is 0 Å². The zero-order chi connectivity index (χ0) is 54.5. The molecule has 8 aromatic carbocycles. The Hall–Kier alpha value is -8.86. The molecule has 0 bridgehead atoms. The van der Waals surface area contributed by atoms with Crippen molar-refractivity contribution in [3.05, 3.63) is 273 Å². The second-order valence-electron chi connectivity index (χ2n) is 24.0. The van der Waals surface area contributed by atoms with Crippen LogP contribution in [0.5, 0.6) is 0 Å². The smallest absolute Gasteiger partial charge is 0.0492 e. The van der Waals surface area contributed by atoms with E-state index in [2.05, 4.69) is 283 Å². The number of aromatic nitrogens is 2. The van der Waals surface area contributed by atoms with Crippen LogP contribution in [0.2, 0.25) is 0 Å². The van der Waals surface area contributed by atoms with Crippen LogP contribution >= 0.6 is 0 Å². The zero-order valence-corrected chi connectivity index (χ0v) is 47.1. The quantitative estimate of drug-likeness (QED) is 0.128. The van der Waals surface area contributed by atoms with Gasteiger partial charge in [0.15, 0.2) is 0 Å². The van der Waals surface area contributed by atoms with Crippen LogP contribution in [-0.4, -0.2) is 9.97 Å². The normalized spacial score (nSPS) is 14.7. The van der Waals surface area contributed by atoms with Gasteiger partial charge in [-0.25, -0.2) is 0 Å². The highest BCUT2D eigenvalue weighted by Gasteiger charge is 2.39. The van der Waals surface area contributed by atoms with Crippen molar-refractivity contribution >= 4 is 58.4 Å². The number of hydrogen-bond donors (Lipinski definition) is 0. The average Bonchev–Trinajstić information content (AvgIpc) is 4.01. The Morgan fingerprint density at radius 3 is 0.797 bits per heavy atom. The van der Waals surface area contributed by atoms with Gasteiger partial charge >= 0.3 is 0 Å². The van der Waals surface area contributed by atoms with Gasteiger partial charge in [-0.2, -0.15) is 0 Å². The minimum absolute atomic E-state index is 0.154. The Balaban J connectivity index is 0.733. The van der Waals surface area contributed by atoms with Crippen molar-refractivity contribution in [2.45, 2.75) is 85.5 Å². The number of rotatable bonds is 10. The van der Waals surface area contributed by atoms with Gasteiger partial charge in [0, 0.05) is 75.2 Å². The molecule has 3 aliphatic rings. The van der Waals surface area contributed by atoms with Gasteiger partial charge < -0.3 is 9.80 Å². The summed E-state index contributed by atoms with van der Waals surface area (Å²) in [4.78, 5) is 13.4. The fourth-order valence-electron chi connectivity index (χ4n) is 13.4. The van der Waals surface area contributed by atoms with Crippen LogP contribution in [0.4, 0.5) is 34.1 Å². The molecule has 0 radical (unpaired) electrons. The number of hydrogen-bond acceptors (Lipinski definition) is 4. The van der Waals surface area contributed by atoms with Crippen molar-refractivity contribution in [3.8, 4) is 33.4 Å². The summed E-state index contributed by atoms with van der Waals surface area (Å²) in [7, 11) is 0. The molecule has 10 aromatic rings. The molecule has 0 aliphatic heterocycles. The van der Waals surface area contributed by atoms with Crippen LogP contribution in [0.1, 0.15) is 119 Å². The lowest BCUT2D eigenvalue weighted by Gasteiger charge is -2.28. The van der Waals surface area contributed by atoms with Crippen molar-refractivity contribution in [1.29, 1.82) is 0 Å². The third-order valence-electron chi connectivity index (χ3n) is 17.3. The van der Waals surface area contributed by atoms with Gasteiger partial charge in [-0.05, 0) is 212 Å². The first-order valence-corrected chi connectivity index (χ1v) is 27.8. The number of benzene rings is 8. The molecule has 0 spiro atoms. The number of anilines is 6. The highest BCUT2D eigenvalue weighted by atomic mass is 15.1. The Bertz CT molecular complexity index is 3850. The fraction of sp³-hybridized carbons (Fsp3) is 0.173. The SMILES string of the molecule is Cc1cc(C)cc(N(c2ccncc2)c2ccc3c(c2)C(C)(C)c2cc(/C=C/c4ccc5c(c4)C(C)(C)c4cc(/C=C/c6ccc7c(c6)C(C)(C)c6cc(N(c8ccncc8)c8cc(C)cc(C)c8)ccc6-7)ccc4-5)ccc2-3)c1. The van der Waals surface area contributed by atoms with Gasteiger partial charge in [0.25, 0.3) is 0 Å². The molecule has 0 unspecified atom stereocenters. The second kappa shape index (κ2) is 18.7. The zero-order valence-electron chi connectivity index (χ0n) is 47.1. The molecule has 0 amide bonds. The lowest BCUT2D eigenvalue weighted by Crippen LogP contribution is -2.17. The molecule has 386 valence electrons. The van der Waals surface area contributed by atoms with Gasteiger partial charge in [0.05, 0.1) is 0 Å². The first-order chi connectivity index (χ1) is 38.0. The first-order valence-electron chi connectivity index (χ1n) is 27.8. The maximum atomic E-state index is 4.34. The van der Waals surface area contributed by atoms with Crippen LogP contribution in [0.3, 0.4) is 0 Å². The van der Waals surface area contributed by atoms with E-state index in [0.717, 1.165) is 34.1 Å². The molecule has 0 saturated carbocycles. The molecule has 0 N–H and O–H groups in total. The molecule has 0 atom stereocenters. The third-order valence-corrected chi connectivity index (χ3v) is 17.3. The van der Waals surface area contributed by atoms with E-state index in [9.17, 15) is 0 Å². The molecule has 2 heterocycles. The molecule has 0 saturated heterocycles. The first kappa shape index (κ1) is 49.7. The van der Waals surface area contributed by atoms with Crippen molar-refractivity contribution in [3.63, 3.8) is 0 Å². The molecule has 3 aliphatic carbocycles. The molecule has 13 rings (SSSR count). The molecule has 4 heteroatoms. The molecule has 4 nitrogen and oxygen atoms in total. The van der Waals surface area contributed by atoms with Gasteiger partial charge in [0.1, 0.15) is 0 Å². The summed E-state index contributed by atoms with van der Waals surface area (Å²) >= 11 is 0. The number of nitrogens with zero attached hydrogens (tertiary/aromatic N) is 4.